The van der Waals surface area contributed by atoms with Gasteiger partial charge in [-0.2, -0.15) is 0 Å². The zero-order valence-corrected chi connectivity index (χ0v) is 13.3. The first-order valence-corrected chi connectivity index (χ1v) is 8.35. The van der Waals surface area contributed by atoms with Crippen molar-refractivity contribution in [3.63, 3.8) is 0 Å². The molecule has 0 bridgehead atoms. The molecule has 1 aromatic heterocycles. The summed E-state index contributed by atoms with van der Waals surface area (Å²) in [5, 5.41) is 0. The lowest BCUT2D eigenvalue weighted by molar-refractivity contribution is 0.0736. The molecule has 0 radical (unpaired) electrons. The van der Waals surface area contributed by atoms with Crippen LogP contribution in [0.5, 0.6) is 0 Å². The normalized spacial score (nSPS) is 19.5. The van der Waals surface area contributed by atoms with E-state index in [9.17, 15) is 4.79 Å². The third-order valence-corrected chi connectivity index (χ3v) is 5.19. The molecule has 0 saturated carbocycles. The van der Waals surface area contributed by atoms with Crippen molar-refractivity contribution in [3.05, 3.63) is 21.3 Å². The molecular weight excluding hydrogens is 278 g/mol. The number of carbonyl (C=O) groups excluding carboxylic acids is 1. The van der Waals surface area contributed by atoms with Crippen LogP contribution < -0.4 is 0 Å². The SMILES string of the molecule is CCCC(C(=O)c1ccc(Cl)s1)N1CCC(C)CC1. The molecule has 1 aliphatic heterocycles. The first-order valence-electron chi connectivity index (χ1n) is 7.15. The average molecular weight is 300 g/mol. The Morgan fingerprint density at radius 3 is 2.68 bits per heavy atom. The van der Waals surface area contributed by atoms with E-state index in [4.69, 9.17) is 11.6 Å². The minimum Gasteiger partial charge on any atom is -0.293 e. The van der Waals surface area contributed by atoms with Crippen LogP contribution in [0.1, 0.15) is 49.2 Å². The second kappa shape index (κ2) is 6.87. The fourth-order valence-electron chi connectivity index (χ4n) is 2.70. The minimum atomic E-state index is 0.0483. The molecule has 1 fully saturated rings. The quantitative estimate of drug-likeness (QED) is 0.747. The van der Waals surface area contributed by atoms with Crippen LogP contribution in [0.3, 0.4) is 0 Å². The van der Waals surface area contributed by atoms with Crippen molar-refractivity contribution in [2.24, 2.45) is 5.92 Å². The second-order valence-corrected chi connectivity index (χ2v) is 7.21. The van der Waals surface area contributed by atoms with E-state index in [1.165, 1.54) is 24.2 Å². The van der Waals surface area contributed by atoms with Crippen LogP contribution in [-0.2, 0) is 0 Å². The van der Waals surface area contributed by atoms with Gasteiger partial charge in [0.1, 0.15) is 0 Å². The summed E-state index contributed by atoms with van der Waals surface area (Å²) in [6.07, 6.45) is 4.40. The smallest absolute Gasteiger partial charge is 0.189 e. The van der Waals surface area contributed by atoms with Crippen LogP contribution >= 0.6 is 22.9 Å². The fraction of sp³-hybridized carbons (Fsp3) is 0.667. The molecule has 0 aromatic carbocycles. The van der Waals surface area contributed by atoms with Crippen LogP contribution in [0.15, 0.2) is 12.1 Å². The maximum absolute atomic E-state index is 12.6. The van der Waals surface area contributed by atoms with Gasteiger partial charge in [0, 0.05) is 0 Å². The van der Waals surface area contributed by atoms with Crippen molar-refractivity contribution < 1.29 is 4.79 Å². The van der Waals surface area contributed by atoms with E-state index in [0.29, 0.717) is 4.34 Å². The summed E-state index contributed by atoms with van der Waals surface area (Å²) in [6, 6.07) is 3.73. The second-order valence-electron chi connectivity index (χ2n) is 5.49. The summed E-state index contributed by atoms with van der Waals surface area (Å²) in [7, 11) is 0. The Bertz CT molecular complexity index is 424. The molecule has 1 aliphatic rings. The number of ketones is 1. The number of halogens is 1. The molecule has 0 N–H and O–H groups in total. The Balaban J connectivity index is 2.08. The highest BCUT2D eigenvalue weighted by atomic mass is 35.5. The molecule has 106 valence electrons. The van der Waals surface area contributed by atoms with E-state index in [1.807, 2.05) is 12.1 Å². The largest absolute Gasteiger partial charge is 0.293 e. The van der Waals surface area contributed by atoms with Gasteiger partial charge in [0.2, 0.25) is 0 Å². The number of nitrogens with zero attached hydrogens (tertiary/aromatic N) is 1. The molecule has 19 heavy (non-hydrogen) atoms. The number of Topliss-reactive ketones (excluding diaryl/α,β-unsaturated/α-hetero) is 1. The summed E-state index contributed by atoms with van der Waals surface area (Å²) in [6.45, 7) is 6.55. The molecule has 1 saturated heterocycles. The molecule has 4 heteroatoms. The first-order chi connectivity index (χ1) is 9.11. The Morgan fingerprint density at radius 2 is 2.16 bits per heavy atom. The number of likely N-dealkylation sites (tertiary alicyclic amines) is 1. The van der Waals surface area contributed by atoms with E-state index in [-0.39, 0.29) is 11.8 Å². The van der Waals surface area contributed by atoms with E-state index >= 15 is 0 Å². The third kappa shape index (κ3) is 3.80. The van der Waals surface area contributed by atoms with Gasteiger partial charge in [-0.25, -0.2) is 0 Å². The minimum absolute atomic E-state index is 0.0483. The van der Waals surface area contributed by atoms with Gasteiger partial charge in [0.15, 0.2) is 5.78 Å². The van der Waals surface area contributed by atoms with Gasteiger partial charge < -0.3 is 0 Å². The number of hydrogen-bond donors (Lipinski definition) is 0. The predicted molar refractivity (Wildman–Crippen MR) is 82.3 cm³/mol. The molecule has 1 aromatic rings. The summed E-state index contributed by atoms with van der Waals surface area (Å²) in [5.41, 5.74) is 0. The van der Waals surface area contributed by atoms with Gasteiger partial charge in [-0.05, 0) is 50.4 Å². The lowest BCUT2D eigenvalue weighted by Crippen LogP contribution is -2.45. The molecule has 2 heterocycles. The van der Waals surface area contributed by atoms with Crippen molar-refractivity contribution in [2.45, 2.75) is 45.6 Å². The number of hydrogen-bond acceptors (Lipinski definition) is 3. The molecular formula is C15H22ClNOS. The first kappa shape index (κ1) is 15.0. The number of thiophene rings is 1. The highest BCUT2D eigenvalue weighted by Crippen LogP contribution is 2.27. The Labute approximate surface area is 124 Å². The van der Waals surface area contributed by atoms with Crippen molar-refractivity contribution in [2.75, 3.05) is 13.1 Å². The van der Waals surface area contributed by atoms with Crippen molar-refractivity contribution >= 4 is 28.7 Å². The van der Waals surface area contributed by atoms with Gasteiger partial charge in [-0.1, -0.05) is 31.9 Å². The van der Waals surface area contributed by atoms with Crippen molar-refractivity contribution in [1.82, 2.24) is 4.90 Å². The van der Waals surface area contributed by atoms with Crippen LogP contribution in [0.2, 0.25) is 4.34 Å². The van der Waals surface area contributed by atoms with Crippen LogP contribution in [0, 0.1) is 5.92 Å². The summed E-state index contributed by atoms with van der Waals surface area (Å²) in [4.78, 5) is 15.8. The van der Waals surface area contributed by atoms with E-state index in [1.54, 1.807) is 0 Å². The standard InChI is InChI=1S/C15H22ClNOS/c1-3-4-12(17-9-7-11(2)8-10-17)15(18)13-5-6-14(16)19-13/h5-6,11-12H,3-4,7-10H2,1-2H3. The number of rotatable bonds is 5. The van der Waals surface area contributed by atoms with Crippen molar-refractivity contribution in [3.8, 4) is 0 Å². The summed E-state index contributed by atoms with van der Waals surface area (Å²) < 4.78 is 0.700. The lowest BCUT2D eigenvalue weighted by atomic mass is 9.95. The zero-order chi connectivity index (χ0) is 13.8. The molecule has 0 aliphatic carbocycles. The highest BCUT2D eigenvalue weighted by Gasteiger charge is 2.29. The Kier molecular flexibility index (Phi) is 5.43. The summed E-state index contributed by atoms with van der Waals surface area (Å²) in [5.74, 6) is 1.05. The molecule has 2 rings (SSSR count). The monoisotopic (exact) mass is 299 g/mol. The highest BCUT2D eigenvalue weighted by molar-refractivity contribution is 7.18. The van der Waals surface area contributed by atoms with E-state index in [2.05, 4.69) is 18.7 Å². The molecule has 0 spiro atoms. The fourth-order valence-corrected chi connectivity index (χ4v) is 3.74. The van der Waals surface area contributed by atoms with Gasteiger partial charge in [0.05, 0.1) is 15.3 Å². The van der Waals surface area contributed by atoms with E-state index < -0.39 is 0 Å². The zero-order valence-electron chi connectivity index (χ0n) is 11.7. The summed E-state index contributed by atoms with van der Waals surface area (Å²) >= 11 is 7.35. The molecule has 2 nitrogen and oxygen atoms in total. The number of carbonyl (C=O) groups is 1. The third-order valence-electron chi connectivity index (χ3n) is 3.94. The Hall–Kier alpha value is -0.380. The molecule has 0 amide bonds. The van der Waals surface area contributed by atoms with E-state index in [0.717, 1.165) is 36.7 Å². The van der Waals surface area contributed by atoms with Gasteiger partial charge in [-0.15, -0.1) is 11.3 Å². The van der Waals surface area contributed by atoms with Crippen LogP contribution in [0.25, 0.3) is 0 Å². The maximum Gasteiger partial charge on any atom is 0.189 e. The maximum atomic E-state index is 12.6. The average Bonchev–Trinajstić information content (AvgIpc) is 2.83. The van der Waals surface area contributed by atoms with Crippen molar-refractivity contribution in [1.29, 1.82) is 0 Å². The predicted octanol–water partition coefficient (Wildman–Crippen LogP) is 4.48. The van der Waals surface area contributed by atoms with Crippen LogP contribution in [0.4, 0.5) is 0 Å². The molecule has 1 atom stereocenters. The van der Waals surface area contributed by atoms with Crippen LogP contribution in [-0.4, -0.2) is 29.8 Å². The topological polar surface area (TPSA) is 20.3 Å². The van der Waals surface area contributed by atoms with Gasteiger partial charge in [0.25, 0.3) is 0 Å². The lowest BCUT2D eigenvalue weighted by Gasteiger charge is -2.35. The number of piperidine rings is 1. The molecule has 1 unspecified atom stereocenters. The van der Waals surface area contributed by atoms with Gasteiger partial charge >= 0.3 is 0 Å². The van der Waals surface area contributed by atoms with Gasteiger partial charge in [-0.3, -0.25) is 9.69 Å². The Morgan fingerprint density at radius 1 is 1.47 bits per heavy atom.